The van der Waals surface area contributed by atoms with Gasteiger partial charge in [0.2, 0.25) is 0 Å². The summed E-state index contributed by atoms with van der Waals surface area (Å²) in [5.41, 5.74) is 0. The van der Waals surface area contributed by atoms with Crippen molar-refractivity contribution in [3.05, 3.63) is 0 Å². The van der Waals surface area contributed by atoms with Crippen LogP contribution in [0.4, 0.5) is 0 Å². The molecule has 1 aliphatic heterocycles. The second kappa shape index (κ2) is 3.00. The van der Waals surface area contributed by atoms with Crippen LogP contribution < -0.4 is 0 Å². The molecular weight excluding hydrogens is 110 g/mol. The van der Waals surface area contributed by atoms with Crippen molar-refractivity contribution in [2.75, 3.05) is 6.54 Å². The lowest BCUT2D eigenvalue weighted by Gasteiger charge is -2.10. The summed E-state index contributed by atoms with van der Waals surface area (Å²) in [6.07, 6.45) is 6.41. The van der Waals surface area contributed by atoms with E-state index in [9.17, 15) is 0 Å². The van der Waals surface area contributed by atoms with Gasteiger partial charge in [0.1, 0.15) is 18.8 Å². The van der Waals surface area contributed by atoms with Crippen molar-refractivity contribution < 1.29 is 4.58 Å². The van der Waals surface area contributed by atoms with E-state index < -0.39 is 0 Å². The highest BCUT2D eigenvalue weighted by atomic mass is 15.0. The first-order valence-corrected chi connectivity index (χ1v) is 3.90. The molecule has 0 radical (unpaired) electrons. The lowest BCUT2D eigenvalue weighted by atomic mass is 10.2. The molecule has 0 bridgehead atoms. The van der Waals surface area contributed by atoms with Gasteiger partial charge in [0.25, 0.3) is 0 Å². The van der Waals surface area contributed by atoms with E-state index >= 15 is 0 Å². The molecule has 0 aromatic carbocycles. The van der Waals surface area contributed by atoms with E-state index in [0.29, 0.717) is 6.04 Å². The van der Waals surface area contributed by atoms with E-state index in [1.165, 1.54) is 25.8 Å². The van der Waals surface area contributed by atoms with Gasteiger partial charge in [-0.3, -0.25) is 0 Å². The van der Waals surface area contributed by atoms with Gasteiger partial charge in [-0.25, -0.2) is 4.58 Å². The summed E-state index contributed by atoms with van der Waals surface area (Å²) in [4.78, 5) is 0. The normalized spacial score (nSPS) is 20.1. The average molecular weight is 126 g/mol. The summed E-state index contributed by atoms with van der Waals surface area (Å²) in [7, 11) is 0. The van der Waals surface area contributed by atoms with Crippen molar-refractivity contribution in [3.63, 3.8) is 0 Å². The zero-order valence-corrected chi connectivity index (χ0v) is 6.43. The molecule has 52 valence electrons. The molecule has 0 fully saturated rings. The minimum absolute atomic E-state index is 0.713. The SMILES string of the molecule is CC(C)[N+]1=CCCCC1. The molecular formula is C8H16N+. The van der Waals surface area contributed by atoms with Gasteiger partial charge in [0, 0.05) is 12.8 Å². The standard InChI is InChI=1S/C8H16N/c1-8(2)9-6-4-3-5-7-9/h6,8H,3-5,7H2,1-2H3/q+1. The quantitative estimate of drug-likeness (QED) is 0.470. The van der Waals surface area contributed by atoms with E-state index in [0.717, 1.165) is 0 Å². The van der Waals surface area contributed by atoms with Crippen LogP contribution in [0.1, 0.15) is 33.1 Å². The Morgan fingerprint density at radius 1 is 1.33 bits per heavy atom. The van der Waals surface area contributed by atoms with Crippen LogP contribution in [0, 0.1) is 0 Å². The molecule has 0 amide bonds. The van der Waals surface area contributed by atoms with Gasteiger partial charge >= 0.3 is 0 Å². The number of rotatable bonds is 1. The van der Waals surface area contributed by atoms with Gasteiger partial charge in [-0.15, -0.1) is 0 Å². The molecule has 0 N–H and O–H groups in total. The van der Waals surface area contributed by atoms with Crippen molar-refractivity contribution in [1.82, 2.24) is 0 Å². The molecule has 9 heavy (non-hydrogen) atoms. The Morgan fingerprint density at radius 3 is 2.44 bits per heavy atom. The third-order valence-corrected chi connectivity index (χ3v) is 1.90. The monoisotopic (exact) mass is 126 g/mol. The van der Waals surface area contributed by atoms with Gasteiger partial charge in [-0.2, -0.15) is 0 Å². The first-order valence-electron chi connectivity index (χ1n) is 3.90. The molecule has 1 aliphatic rings. The Hall–Kier alpha value is -0.330. The molecule has 0 saturated carbocycles. The Morgan fingerprint density at radius 2 is 2.11 bits per heavy atom. The van der Waals surface area contributed by atoms with Gasteiger partial charge in [0.05, 0.1) is 0 Å². The van der Waals surface area contributed by atoms with E-state index in [1.54, 1.807) is 0 Å². The highest BCUT2D eigenvalue weighted by Crippen LogP contribution is 2.02. The molecule has 0 atom stereocenters. The lowest BCUT2D eigenvalue weighted by Crippen LogP contribution is -2.25. The predicted molar refractivity (Wildman–Crippen MR) is 40.2 cm³/mol. The van der Waals surface area contributed by atoms with Crippen LogP contribution in [0.15, 0.2) is 0 Å². The predicted octanol–water partition coefficient (Wildman–Crippen LogP) is 1.66. The van der Waals surface area contributed by atoms with Crippen LogP contribution >= 0.6 is 0 Å². The highest BCUT2D eigenvalue weighted by molar-refractivity contribution is 5.51. The summed E-state index contributed by atoms with van der Waals surface area (Å²) in [5, 5.41) is 0. The molecule has 0 aromatic heterocycles. The van der Waals surface area contributed by atoms with Crippen LogP contribution in [0.2, 0.25) is 0 Å². The zero-order chi connectivity index (χ0) is 6.69. The maximum absolute atomic E-state index is 2.43. The maximum atomic E-state index is 2.43. The minimum Gasteiger partial charge on any atom is -0.238 e. The molecule has 1 rings (SSSR count). The summed E-state index contributed by atoms with van der Waals surface area (Å²) in [6, 6.07) is 0.713. The molecule has 0 aromatic rings. The molecule has 0 unspecified atom stereocenters. The van der Waals surface area contributed by atoms with Gasteiger partial charge in [-0.05, 0) is 20.3 Å². The number of hydrogen-bond donors (Lipinski definition) is 0. The van der Waals surface area contributed by atoms with Gasteiger partial charge in [-0.1, -0.05) is 0 Å². The van der Waals surface area contributed by atoms with Crippen molar-refractivity contribution in [3.8, 4) is 0 Å². The van der Waals surface area contributed by atoms with Crippen molar-refractivity contribution >= 4 is 6.21 Å². The van der Waals surface area contributed by atoms with Crippen LogP contribution in [0.25, 0.3) is 0 Å². The first-order chi connectivity index (χ1) is 4.30. The minimum atomic E-state index is 0.713. The van der Waals surface area contributed by atoms with E-state index in [1.807, 2.05) is 0 Å². The van der Waals surface area contributed by atoms with Crippen molar-refractivity contribution in [2.45, 2.75) is 39.2 Å². The Bertz CT molecular complexity index is 114. The van der Waals surface area contributed by atoms with Crippen LogP contribution in [0.3, 0.4) is 0 Å². The second-order valence-electron chi connectivity index (χ2n) is 3.01. The Kier molecular flexibility index (Phi) is 2.26. The van der Waals surface area contributed by atoms with Gasteiger partial charge in [0.15, 0.2) is 0 Å². The maximum Gasteiger partial charge on any atom is 0.146 e. The van der Waals surface area contributed by atoms with Crippen LogP contribution in [-0.2, 0) is 0 Å². The Labute approximate surface area is 57.4 Å². The third-order valence-electron chi connectivity index (χ3n) is 1.90. The van der Waals surface area contributed by atoms with Crippen LogP contribution in [0.5, 0.6) is 0 Å². The summed E-state index contributed by atoms with van der Waals surface area (Å²) in [6.45, 7) is 5.78. The molecule has 0 spiro atoms. The summed E-state index contributed by atoms with van der Waals surface area (Å²) >= 11 is 0. The van der Waals surface area contributed by atoms with Crippen LogP contribution in [-0.4, -0.2) is 23.4 Å². The smallest absolute Gasteiger partial charge is 0.146 e. The fourth-order valence-electron chi connectivity index (χ4n) is 1.26. The molecule has 1 heteroatoms. The molecule has 1 heterocycles. The van der Waals surface area contributed by atoms with Crippen molar-refractivity contribution in [2.24, 2.45) is 0 Å². The topological polar surface area (TPSA) is 3.01 Å². The zero-order valence-electron chi connectivity index (χ0n) is 6.43. The highest BCUT2D eigenvalue weighted by Gasteiger charge is 2.11. The first kappa shape index (κ1) is 6.79. The largest absolute Gasteiger partial charge is 0.238 e. The number of hydrogen-bond acceptors (Lipinski definition) is 0. The molecule has 0 saturated heterocycles. The lowest BCUT2D eigenvalue weighted by molar-refractivity contribution is -0.558. The van der Waals surface area contributed by atoms with E-state index in [-0.39, 0.29) is 0 Å². The summed E-state index contributed by atoms with van der Waals surface area (Å²) < 4.78 is 2.43. The molecule has 0 aliphatic carbocycles. The fourth-order valence-corrected chi connectivity index (χ4v) is 1.26. The Balaban J connectivity index is 2.46. The summed E-state index contributed by atoms with van der Waals surface area (Å²) in [5.74, 6) is 0. The second-order valence-corrected chi connectivity index (χ2v) is 3.01. The average Bonchev–Trinajstić information content (AvgIpc) is 1.90. The molecule has 1 nitrogen and oxygen atoms in total. The third kappa shape index (κ3) is 1.81. The fraction of sp³-hybridized carbons (Fsp3) is 0.875. The van der Waals surface area contributed by atoms with Crippen molar-refractivity contribution in [1.29, 1.82) is 0 Å². The van der Waals surface area contributed by atoms with E-state index in [4.69, 9.17) is 0 Å². The number of nitrogens with zero attached hydrogens (tertiary/aromatic N) is 1. The van der Waals surface area contributed by atoms with E-state index in [2.05, 4.69) is 24.6 Å². The van der Waals surface area contributed by atoms with Gasteiger partial charge < -0.3 is 0 Å².